The summed E-state index contributed by atoms with van der Waals surface area (Å²) in [6, 6.07) is 7.07. The minimum Gasteiger partial charge on any atom is -0.384 e. The van der Waals surface area contributed by atoms with Crippen LogP contribution in [0.15, 0.2) is 29.2 Å². The van der Waals surface area contributed by atoms with Gasteiger partial charge in [0.15, 0.2) is 0 Å². The highest BCUT2D eigenvalue weighted by Crippen LogP contribution is 2.22. The molecule has 1 aliphatic rings. The number of likely N-dealkylation sites (tertiary alicyclic amines) is 1. The van der Waals surface area contributed by atoms with Crippen molar-refractivity contribution in [3.63, 3.8) is 0 Å². The second kappa shape index (κ2) is 6.56. The highest BCUT2D eigenvalue weighted by atomic mass is 32.2. The van der Waals surface area contributed by atoms with E-state index < -0.39 is 10.0 Å². The summed E-state index contributed by atoms with van der Waals surface area (Å²) in [6.45, 7) is 5.16. The summed E-state index contributed by atoms with van der Waals surface area (Å²) in [5.41, 5.74) is 0.683. The van der Waals surface area contributed by atoms with Crippen LogP contribution in [0.2, 0.25) is 0 Å². The fourth-order valence-electron chi connectivity index (χ4n) is 2.56. The van der Waals surface area contributed by atoms with Crippen molar-refractivity contribution in [3.05, 3.63) is 24.3 Å². The highest BCUT2D eigenvalue weighted by molar-refractivity contribution is 7.89. The molecule has 1 saturated heterocycles. The van der Waals surface area contributed by atoms with Gasteiger partial charge in [-0.25, -0.2) is 13.1 Å². The smallest absolute Gasteiger partial charge is 0.242 e. The molecule has 5 nitrogen and oxygen atoms in total. The monoisotopic (exact) mass is 297 g/mol. The first-order valence-corrected chi connectivity index (χ1v) is 8.52. The standard InChI is InChI=1S/C14H23N3O2S/c1-3-16-20(18,19)14-7-5-4-6-13(14)15-10-12-8-9-17(2)11-12/h4-7,12,15-16H,3,8-11H2,1-2H3. The Labute approximate surface area is 121 Å². The van der Waals surface area contributed by atoms with Crippen molar-refractivity contribution in [2.45, 2.75) is 18.2 Å². The van der Waals surface area contributed by atoms with Gasteiger partial charge in [0.05, 0.1) is 5.69 Å². The molecule has 0 amide bonds. The first-order chi connectivity index (χ1) is 9.53. The maximum Gasteiger partial charge on any atom is 0.242 e. The Hall–Kier alpha value is -1.11. The van der Waals surface area contributed by atoms with Crippen molar-refractivity contribution in [3.8, 4) is 0 Å². The molecule has 0 saturated carbocycles. The Balaban J connectivity index is 2.08. The first-order valence-electron chi connectivity index (χ1n) is 7.04. The Kier molecular flexibility index (Phi) is 5.01. The van der Waals surface area contributed by atoms with Crippen LogP contribution in [-0.2, 0) is 10.0 Å². The van der Waals surface area contributed by atoms with Crippen molar-refractivity contribution >= 4 is 15.7 Å². The molecule has 0 bridgehead atoms. The minimum absolute atomic E-state index is 0.327. The van der Waals surface area contributed by atoms with E-state index in [1.807, 2.05) is 12.1 Å². The third kappa shape index (κ3) is 3.71. The largest absolute Gasteiger partial charge is 0.384 e. The van der Waals surface area contributed by atoms with E-state index in [0.29, 0.717) is 23.0 Å². The second-order valence-electron chi connectivity index (χ2n) is 5.30. The molecular formula is C14H23N3O2S. The fourth-order valence-corrected chi connectivity index (χ4v) is 3.78. The molecule has 20 heavy (non-hydrogen) atoms. The number of benzene rings is 1. The zero-order valence-corrected chi connectivity index (χ0v) is 12.9. The number of nitrogens with zero attached hydrogens (tertiary/aromatic N) is 1. The van der Waals surface area contributed by atoms with Crippen molar-refractivity contribution in [1.82, 2.24) is 9.62 Å². The predicted octanol–water partition coefficient (Wildman–Crippen LogP) is 1.35. The second-order valence-corrected chi connectivity index (χ2v) is 7.03. The minimum atomic E-state index is -3.42. The van der Waals surface area contributed by atoms with Gasteiger partial charge in [-0.15, -0.1) is 0 Å². The van der Waals surface area contributed by atoms with Crippen LogP contribution in [0.5, 0.6) is 0 Å². The lowest BCUT2D eigenvalue weighted by molar-refractivity contribution is 0.399. The lowest BCUT2D eigenvalue weighted by Gasteiger charge is -2.15. The summed E-state index contributed by atoms with van der Waals surface area (Å²) in [5.74, 6) is 0.579. The van der Waals surface area contributed by atoms with Crippen molar-refractivity contribution < 1.29 is 8.42 Å². The van der Waals surface area contributed by atoms with Crippen molar-refractivity contribution in [1.29, 1.82) is 0 Å². The van der Waals surface area contributed by atoms with Crippen LogP contribution in [0.3, 0.4) is 0 Å². The number of anilines is 1. The maximum absolute atomic E-state index is 12.1. The summed E-state index contributed by atoms with van der Waals surface area (Å²) in [6.07, 6.45) is 1.16. The van der Waals surface area contributed by atoms with E-state index in [2.05, 4.69) is 22.0 Å². The first kappa shape index (κ1) is 15.3. The molecule has 1 heterocycles. The van der Waals surface area contributed by atoms with Crippen molar-refractivity contribution in [2.75, 3.05) is 38.5 Å². The van der Waals surface area contributed by atoms with Gasteiger partial charge >= 0.3 is 0 Å². The molecule has 1 aliphatic heterocycles. The van der Waals surface area contributed by atoms with E-state index in [1.54, 1.807) is 19.1 Å². The van der Waals surface area contributed by atoms with Gasteiger partial charge < -0.3 is 10.2 Å². The zero-order chi connectivity index (χ0) is 14.6. The van der Waals surface area contributed by atoms with E-state index in [1.165, 1.54) is 0 Å². The lowest BCUT2D eigenvalue weighted by Crippen LogP contribution is -2.25. The number of hydrogen-bond acceptors (Lipinski definition) is 4. The zero-order valence-electron chi connectivity index (χ0n) is 12.1. The molecular weight excluding hydrogens is 274 g/mol. The molecule has 1 aromatic carbocycles. The summed E-state index contributed by atoms with van der Waals surface area (Å²) in [7, 11) is -1.31. The molecule has 1 unspecified atom stereocenters. The normalized spacial score (nSPS) is 20.2. The van der Waals surface area contributed by atoms with E-state index >= 15 is 0 Å². The topological polar surface area (TPSA) is 61.4 Å². The van der Waals surface area contributed by atoms with Gasteiger partial charge in [0.25, 0.3) is 0 Å². The van der Waals surface area contributed by atoms with E-state index in [-0.39, 0.29) is 0 Å². The molecule has 2 rings (SSSR count). The molecule has 0 aliphatic carbocycles. The number of para-hydroxylation sites is 1. The van der Waals surface area contributed by atoms with Crippen LogP contribution in [0.25, 0.3) is 0 Å². The van der Waals surface area contributed by atoms with E-state index in [9.17, 15) is 8.42 Å². The Morgan fingerprint density at radius 1 is 1.35 bits per heavy atom. The molecule has 0 spiro atoms. The summed E-state index contributed by atoms with van der Waals surface area (Å²) >= 11 is 0. The molecule has 112 valence electrons. The van der Waals surface area contributed by atoms with E-state index in [4.69, 9.17) is 0 Å². The van der Waals surface area contributed by atoms with Crippen LogP contribution < -0.4 is 10.0 Å². The van der Waals surface area contributed by atoms with Gasteiger partial charge in [0, 0.05) is 19.6 Å². The van der Waals surface area contributed by atoms with Gasteiger partial charge in [-0.2, -0.15) is 0 Å². The van der Waals surface area contributed by atoms with Crippen LogP contribution >= 0.6 is 0 Å². The quantitative estimate of drug-likeness (QED) is 0.832. The van der Waals surface area contributed by atoms with Gasteiger partial charge in [-0.3, -0.25) is 0 Å². The lowest BCUT2D eigenvalue weighted by atomic mass is 10.1. The number of rotatable bonds is 6. The average Bonchev–Trinajstić information content (AvgIpc) is 2.82. The van der Waals surface area contributed by atoms with Crippen molar-refractivity contribution in [2.24, 2.45) is 5.92 Å². The SMILES string of the molecule is CCNS(=O)(=O)c1ccccc1NCC1CCN(C)C1. The van der Waals surface area contributed by atoms with Gasteiger partial charge in [0.1, 0.15) is 4.90 Å². The van der Waals surface area contributed by atoms with Gasteiger partial charge in [-0.1, -0.05) is 19.1 Å². The number of nitrogens with one attached hydrogen (secondary N) is 2. The maximum atomic E-state index is 12.1. The van der Waals surface area contributed by atoms with Crippen LogP contribution in [0.1, 0.15) is 13.3 Å². The van der Waals surface area contributed by atoms with E-state index in [0.717, 1.165) is 26.1 Å². The average molecular weight is 297 g/mol. The molecule has 0 aromatic heterocycles. The summed E-state index contributed by atoms with van der Waals surface area (Å²) < 4.78 is 26.8. The fraction of sp³-hybridized carbons (Fsp3) is 0.571. The molecule has 2 N–H and O–H groups in total. The molecule has 1 atom stereocenters. The van der Waals surface area contributed by atoms with Gasteiger partial charge in [0.2, 0.25) is 10.0 Å². The predicted molar refractivity (Wildman–Crippen MR) is 81.4 cm³/mol. The van der Waals surface area contributed by atoms with Gasteiger partial charge in [-0.05, 0) is 38.1 Å². The Morgan fingerprint density at radius 3 is 2.75 bits per heavy atom. The summed E-state index contributed by atoms with van der Waals surface area (Å²) in [5, 5.41) is 3.29. The molecule has 0 radical (unpaired) electrons. The Morgan fingerprint density at radius 2 is 2.10 bits per heavy atom. The highest BCUT2D eigenvalue weighted by Gasteiger charge is 2.21. The summed E-state index contributed by atoms with van der Waals surface area (Å²) in [4.78, 5) is 2.63. The third-order valence-corrected chi connectivity index (χ3v) is 5.18. The third-order valence-electron chi connectivity index (χ3n) is 3.58. The van der Waals surface area contributed by atoms with Crippen LogP contribution in [0.4, 0.5) is 5.69 Å². The molecule has 6 heteroatoms. The van der Waals surface area contributed by atoms with Crippen LogP contribution in [-0.4, -0.2) is 46.5 Å². The number of sulfonamides is 1. The van der Waals surface area contributed by atoms with Crippen LogP contribution in [0, 0.1) is 5.92 Å². The number of hydrogen-bond donors (Lipinski definition) is 2. The molecule has 1 fully saturated rings. The Bertz CT molecular complexity index is 545. The molecule has 1 aromatic rings.